The Hall–Kier alpha value is -3.55. The number of nitrogens with one attached hydrogen (secondary N) is 1. The summed E-state index contributed by atoms with van der Waals surface area (Å²) >= 11 is 0. The highest BCUT2D eigenvalue weighted by Gasteiger charge is 2.19. The monoisotopic (exact) mass is 408 g/mol. The zero-order valence-corrected chi connectivity index (χ0v) is 16.6. The molecule has 1 N–H and O–H groups in total. The number of hydrogen-bond acceptors (Lipinski definition) is 6. The van der Waals surface area contributed by atoms with Crippen molar-refractivity contribution in [1.29, 1.82) is 0 Å². The van der Waals surface area contributed by atoms with Gasteiger partial charge in [0.25, 0.3) is 0 Å². The van der Waals surface area contributed by atoms with Crippen molar-refractivity contribution in [3.8, 4) is 5.75 Å². The van der Waals surface area contributed by atoms with Crippen molar-refractivity contribution < 1.29 is 18.6 Å². The molecule has 2 aromatic heterocycles. The Morgan fingerprint density at radius 3 is 2.77 bits per heavy atom. The fraction of sp³-hybridized carbons (Fsp3) is 0.318. The molecule has 0 unspecified atom stereocenters. The second-order valence-electron chi connectivity index (χ2n) is 7.19. The molecule has 1 saturated heterocycles. The molecule has 8 nitrogen and oxygen atoms in total. The molecule has 3 heterocycles. The van der Waals surface area contributed by atoms with Crippen molar-refractivity contribution in [1.82, 2.24) is 15.2 Å². The van der Waals surface area contributed by atoms with E-state index in [9.17, 15) is 4.79 Å². The lowest BCUT2D eigenvalue weighted by atomic mass is 10.0. The van der Waals surface area contributed by atoms with E-state index in [-0.39, 0.29) is 6.03 Å². The Bertz CT molecular complexity index is 957. The molecule has 8 heteroatoms. The van der Waals surface area contributed by atoms with E-state index in [1.165, 1.54) is 18.0 Å². The Morgan fingerprint density at radius 1 is 1.17 bits per heavy atom. The second-order valence-corrected chi connectivity index (χ2v) is 7.19. The summed E-state index contributed by atoms with van der Waals surface area (Å²) in [5.41, 5.74) is 4.09. The third-order valence-corrected chi connectivity index (χ3v) is 4.97. The molecule has 0 saturated carbocycles. The van der Waals surface area contributed by atoms with E-state index in [0.717, 1.165) is 42.6 Å². The van der Waals surface area contributed by atoms with Crippen molar-refractivity contribution in [2.75, 3.05) is 25.0 Å². The summed E-state index contributed by atoms with van der Waals surface area (Å²) in [6.45, 7) is 2.01. The summed E-state index contributed by atoms with van der Waals surface area (Å²) in [6.07, 6.45) is 12.0. The number of carbonyl (C=O) groups is 1. The minimum atomic E-state index is -0.126. The summed E-state index contributed by atoms with van der Waals surface area (Å²) in [5, 5.41) is 10.1. The van der Waals surface area contributed by atoms with Crippen LogP contribution in [0.3, 0.4) is 0 Å². The number of amides is 2. The molecule has 0 radical (unpaired) electrons. The topological polar surface area (TPSA) is 93.6 Å². The second kappa shape index (κ2) is 9.78. The molecule has 3 aromatic rings. The number of carbonyl (C=O) groups excluding carboxylic acids is 1. The van der Waals surface area contributed by atoms with Crippen LogP contribution in [0.2, 0.25) is 0 Å². The molecule has 1 aliphatic rings. The lowest BCUT2D eigenvalue weighted by Gasteiger charge is -2.28. The van der Waals surface area contributed by atoms with Crippen LogP contribution in [0.15, 0.2) is 63.8 Å². The number of aromatic nitrogens is 2. The van der Waals surface area contributed by atoms with E-state index in [1.807, 2.05) is 12.1 Å². The number of aryl methyl sites for hydroxylation is 1. The average Bonchev–Trinajstić information content (AvgIpc) is 3.46. The lowest BCUT2D eigenvalue weighted by molar-refractivity contribution is 0.208. The van der Waals surface area contributed by atoms with E-state index >= 15 is 0 Å². The molecular formula is C22H24N4O4. The molecule has 0 atom stereocenters. The van der Waals surface area contributed by atoms with Gasteiger partial charge in [0.15, 0.2) is 0 Å². The Morgan fingerprint density at radius 2 is 2.00 bits per heavy atom. The lowest BCUT2D eigenvalue weighted by Crippen LogP contribution is -2.39. The van der Waals surface area contributed by atoms with Gasteiger partial charge in [0, 0.05) is 18.7 Å². The Labute approximate surface area is 174 Å². The number of benzene rings is 1. The predicted molar refractivity (Wildman–Crippen MR) is 111 cm³/mol. The SMILES string of the molecule is O=C(Nc1cnoc1)N1CCC(=Cc2cccc(OCCCc3cnoc3)c2)CC1. The first-order valence-electron chi connectivity index (χ1n) is 10.0. The molecule has 2 amide bonds. The summed E-state index contributed by atoms with van der Waals surface area (Å²) in [7, 11) is 0. The van der Waals surface area contributed by atoms with E-state index in [0.29, 0.717) is 25.4 Å². The molecule has 0 aliphatic carbocycles. The number of nitrogens with zero attached hydrogens (tertiary/aromatic N) is 3. The Balaban J connectivity index is 1.24. The van der Waals surface area contributed by atoms with Crippen molar-refractivity contribution in [3.05, 3.63) is 65.9 Å². The minimum absolute atomic E-state index is 0.126. The van der Waals surface area contributed by atoms with Gasteiger partial charge in [0.1, 0.15) is 24.0 Å². The molecule has 156 valence electrons. The molecule has 1 fully saturated rings. The first-order valence-corrected chi connectivity index (χ1v) is 10.0. The van der Waals surface area contributed by atoms with Crippen molar-refractivity contribution in [2.45, 2.75) is 25.7 Å². The van der Waals surface area contributed by atoms with Crippen LogP contribution in [0.5, 0.6) is 5.75 Å². The number of piperidine rings is 1. The van der Waals surface area contributed by atoms with Gasteiger partial charge in [-0.3, -0.25) is 0 Å². The van der Waals surface area contributed by atoms with E-state index in [4.69, 9.17) is 13.8 Å². The van der Waals surface area contributed by atoms with Crippen LogP contribution in [0, 0.1) is 0 Å². The summed E-state index contributed by atoms with van der Waals surface area (Å²) in [6, 6.07) is 7.97. The van der Waals surface area contributed by atoms with Gasteiger partial charge in [-0.15, -0.1) is 0 Å². The maximum atomic E-state index is 12.3. The van der Waals surface area contributed by atoms with E-state index < -0.39 is 0 Å². The van der Waals surface area contributed by atoms with Gasteiger partial charge in [-0.05, 0) is 43.4 Å². The Kier molecular flexibility index (Phi) is 6.44. The van der Waals surface area contributed by atoms with Crippen molar-refractivity contribution in [2.24, 2.45) is 0 Å². The fourth-order valence-corrected chi connectivity index (χ4v) is 3.36. The fourth-order valence-electron chi connectivity index (χ4n) is 3.36. The first-order chi connectivity index (χ1) is 14.8. The average molecular weight is 408 g/mol. The smallest absolute Gasteiger partial charge is 0.321 e. The standard InChI is InChI=1S/C22H24N4O4/c27-22(25-20-14-24-30-16-20)26-8-6-17(7-9-26)11-18-3-1-5-21(12-18)28-10-2-4-19-13-23-29-15-19/h1,3,5,11-16H,2,4,6-10H2,(H,25,27). The number of likely N-dealkylation sites (tertiary alicyclic amines) is 1. The number of ether oxygens (including phenoxy) is 1. The van der Waals surface area contributed by atoms with Gasteiger partial charge in [-0.2, -0.15) is 0 Å². The highest BCUT2D eigenvalue weighted by molar-refractivity contribution is 5.89. The van der Waals surface area contributed by atoms with Gasteiger partial charge in [0.2, 0.25) is 0 Å². The molecule has 1 aliphatic heterocycles. The van der Waals surface area contributed by atoms with Crippen LogP contribution < -0.4 is 10.1 Å². The van der Waals surface area contributed by atoms with Crippen LogP contribution >= 0.6 is 0 Å². The molecule has 30 heavy (non-hydrogen) atoms. The largest absolute Gasteiger partial charge is 0.494 e. The third kappa shape index (κ3) is 5.50. The minimum Gasteiger partial charge on any atom is -0.494 e. The van der Waals surface area contributed by atoms with Crippen LogP contribution in [0.4, 0.5) is 10.5 Å². The van der Waals surface area contributed by atoms with Crippen LogP contribution in [0.1, 0.15) is 30.4 Å². The quantitative estimate of drug-likeness (QED) is 0.583. The molecule has 0 bridgehead atoms. The normalized spacial score (nSPS) is 13.9. The van der Waals surface area contributed by atoms with E-state index in [1.54, 1.807) is 17.4 Å². The van der Waals surface area contributed by atoms with Gasteiger partial charge in [-0.25, -0.2) is 4.79 Å². The highest BCUT2D eigenvalue weighted by atomic mass is 16.5. The maximum absolute atomic E-state index is 12.3. The molecule has 1 aromatic carbocycles. The molecule has 0 spiro atoms. The van der Waals surface area contributed by atoms with Crippen LogP contribution in [-0.2, 0) is 6.42 Å². The number of hydrogen-bond donors (Lipinski definition) is 1. The van der Waals surface area contributed by atoms with Gasteiger partial charge in [0.05, 0.1) is 19.0 Å². The zero-order valence-electron chi connectivity index (χ0n) is 16.6. The van der Waals surface area contributed by atoms with Gasteiger partial charge < -0.3 is 24.0 Å². The van der Waals surface area contributed by atoms with E-state index in [2.05, 4.69) is 33.8 Å². The summed E-state index contributed by atoms with van der Waals surface area (Å²) in [4.78, 5) is 14.1. The van der Waals surface area contributed by atoms with Crippen LogP contribution in [-0.4, -0.2) is 40.9 Å². The van der Waals surface area contributed by atoms with Gasteiger partial charge in [-0.1, -0.05) is 34.1 Å². The van der Waals surface area contributed by atoms with Crippen LogP contribution in [0.25, 0.3) is 6.08 Å². The first kappa shape index (κ1) is 19.8. The maximum Gasteiger partial charge on any atom is 0.321 e. The summed E-state index contributed by atoms with van der Waals surface area (Å²) in [5.74, 6) is 0.861. The zero-order chi connectivity index (χ0) is 20.6. The number of rotatable bonds is 7. The molecule has 4 rings (SSSR count). The highest BCUT2D eigenvalue weighted by Crippen LogP contribution is 2.22. The molecular weight excluding hydrogens is 384 g/mol. The van der Waals surface area contributed by atoms with Gasteiger partial charge >= 0.3 is 6.03 Å². The summed E-state index contributed by atoms with van der Waals surface area (Å²) < 4.78 is 15.4. The van der Waals surface area contributed by atoms with Crippen molar-refractivity contribution in [3.63, 3.8) is 0 Å². The number of anilines is 1. The van der Waals surface area contributed by atoms with Crippen molar-refractivity contribution >= 4 is 17.8 Å². The predicted octanol–water partition coefficient (Wildman–Crippen LogP) is 4.39. The third-order valence-electron chi connectivity index (χ3n) is 4.97. The number of urea groups is 1.